The molecule has 24 heavy (non-hydrogen) atoms. The number of aromatic nitrogens is 3. The average Bonchev–Trinajstić information content (AvgIpc) is 2.99. The van der Waals surface area contributed by atoms with Gasteiger partial charge in [-0.3, -0.25) is 0 Å². The predicted octanol–water partition coefficient (Wildman–Crippen LogP) is 3.14. The van der Waals surface area contributed by atoms with Crippen molar-refractivity contribution in [3.63, 3.8) is 0 Å². The number of aryl methyl sites for hydroxylation is 1. The van der Waals surface area contributed by atoms with E-state index in [0.29, 0.717) is 19.1 Å². The first-order valence-corrected chi connectivity index (χ1v) is 8.32. The van der Waals surface area contributed by atoms with Gasteiger partial charge in [0.25, 0.3) is 0 Å². The number of hydrogen-bond acceptors (Lipinski definition) is 4. The SMILES string of the molecule is Cc1ccc(C(O)CNCc2cnc3c(cnn3C(C)C)c2)cc1. The lowest BCUT2D eigenvalue weighted by Gasteiger charge is -2.12. The summed E-state index contributed by atoms with van der Waals surface area (Å²) in [5.41, 5.74) is 4.12. The molecule has 0 saturated heterocycles. The molecule has 1 atom stereocenters. The molecule has 3 rings (SSSR count). The number of hydrogen-bond donors (Lipinski definition) is 2. The van der Waals surface area contributed by atoms with E-state index in [1.165, 1.54) is 5.56 Å². The molecule has 0 aliphatic heterocycles. The third-order valence-corrected chi connectivity index (χ3v) is 4.11. The maximum atomic E-state index is 10.2. The van der Waals surface area contributed by atoms with E-state index in [-0.39, 0.29) is 0 Å². The van der Waals surface area contributed by atoms with E-state index >= 15 is 0 Å². The molecule has 0 radical (unpaired) electrons. The van der Waals surface area contributed by atoms with Crippen LogP contribution < -0.4 is 5.32 Å². The minimum atomic E-state index is -0.508. The van der Waals surface area contributed by atoms with Crippen molar-refractivity contribution >= 4 is 11.0 Å². The number of rotatable bonds is 6. The molecule has 2 N–H and O–H groups in total. The molecule has 0 saturated carbocycles. The quantitative estimate of drug-likeness (QED) is 0.731. The van der Waals surface area contributed by atoms with Crippen molar-refractivity contribution in [2.75, 3.05) is 6.54 Å². The van der Waals surface area contributed by atoms with Gasteiger partial charge in [0, 0.05) is 30.7 Å². The first-order chi connectivity index (χ1) is 11.5. The smallest absolute Gasteiger partial charge is 0.157 e. The van der Waals surface area contributed by atoms with E-state index in [9.17, 15) is 5.11 Å². The van der Waals surface area contributed by atoms with Gasteiger partial charge in [-0.1, -0.05) is 29.8 Å². The van der Waals surface area contributed by atoms with Crippen molar-refractivity contribution in [3.8, 4) is 0 Å². The molecular weight excluding hydrogens is 300 g/mol. The summed E-state index contributed by atoms with van der Waals surface area (Å²) in [6.45, 7) is 7.40. The molecule has 5 nitrogen and oxygen atoms in total. The van der Waals surface area contributed by atoms with E-state index < -0.39 is 6.10 Å². The Morgan fingerprint density at radius 2 is 1.92 bits per heavy atom. The molecule has 3 aromatic rings. The fourth-order valence-corrected chi connectivity index (χ4v) is 2.72. The molecule has 0 bridgehead atoms. The first kappa shape index (κ1) is 16.6. The van der Waals surface area contributed by atoms with Gasteiger partial charge in [-0.15, -0.1) is 0 Å². The predicted molar refractivity (Wildman–Crippen MR) is 95.8 cm³/mol. The van der Waals surface area contributed by atoms with Crippen molar-refractivity contribution in [2.24, 2.45) is 0 Å². The average molecular weight is 324 g/mol. The van der Waals surface area contributed by atoms with Crippen LogP contribution in [0.5, 0.6) is 0 Å². The zero-order valence-corrected chi connectivity index (χ0v) is 14.4. The summed E-state index contributed by atoms with van der Waals surface area (Å²) < 4.78 is 1.92. The van der Waals surface area contributed by atoms with Crippen molar-refractivity contribution in [2.45, 2.75) is 39.5 Å². The van der Waals surface area contributed by atoms with Gasteiger partial charge in [0.2, 0.25) is 0 Å². The van der Waals surface area contributed by atoms with Gasteiger partial charge in [-0.05, 0) is 38.0 Å². The number of nitrogens with zero attached hydrogens (tertiary/aromatic N) is 3. The minimum Gasteiger partial charge on any atom is -0.387 e. The van der Waals surface area contributed by atoms with E-state index in [1.54, 1.807) is 0 Å². The largest absolute Gasteiger partial charge is 0.387 e. The number of aliphatic hydroxyl groups excluding tert-OH is 1. The normalized spacial score (nSPS) is 12.9. The summed E-state index contributed by atoms with van der Waals surface area (Å²) in [7, 11) is 0. The Kier molecular flexibility index (Phi) is 4.92. The monoisotopic (exact) mass is 324 g/mol. The van der Waals surface area contributed by atoms with Crippen LogP contribution in [0.25, 0.3) is 11.0 Å². The summed E-state index contributed by atoms with van der Waals surface area (Å²) in [4.78, 5) is 4.53. The minimum absolute atomic E-state index is 0.295. The number of benzene rings is 1. The molecule has 1 unspecified atom stereocenters. The second-order valence-corrected chi connectivity index (χ2v) is 6.50. The molecule has 2 aromatic heterocycles. The first-order valence-electron chi connectivity index (χ1n) is 8.32. The number of fused-ring (bicyclic) bond motifs is 1. The van der Waals surface area contributed by atoms with Crippen LogP contribution in [0.4, 0.5) is 0 Å². The molecule has 5 heteroatoms. The van der Waals surface area contributed by atoms with Crippen LogP contribution in [0, 0.1) is 6.92 Å². The zero-order chi connectivity index (χ0) is 17.1. The van der Waals surface area contributed by atoms with Gasteiger partial charge in [-0.25, -0.2) is 9.67 Å². The maximum absolute atomic E-state index is 10.2. The second-order valence-electron chi connectivity index (χ2n) is 6.50. The van der Waals surface area contributed by atoms with Gasteiger partial charge in [-0.2, -0.15) is 5.10 Å². The van der Waals surface area contributed by atoms with Gasteiger partial charge >= 0.3 is 0 Å². The highest BCUT2D eigenvalue weighted by Gasteiger charge is 2.09. The lowest BCUT2D eigenvalue weighted by atomic mass is 10.1. The van der Waals surface area contributed by atoms with Gasteiger partial charge < -0.3 is 10.4 Å². The van der Waals surface area contributed by atoms with Gasteiger partial charge in [0.1, 0.15) is 0 Å². The Hall–Kier alpha value is -2.24. The Balaban J connectivity index is 1.60. The molecule has 0 amide bonds. The topological polar surface area (TPSA) is 63.0 Å². The van der Waals surface area contributed by atoms with Crippen molar-refractivity contribution < 1.29 is 5.11 Å². The maximum Gasteiger partial charge on any atom is 0.157 e. The standard InChI is InChI=1S/C19H24N4O/c1-13(2)23-19-17(11-22-23)8-15(10-21-19)9-20-12-18(24)16-6-4-14(3)5-7-16/h4-8,10-11,13,18,20,24H,9,12H2,1-3H3. The third kappa shape index (κ3) is 3.63. The summed E-state index contributed by atoms with van der Waals surface area (Å²) >= 11 is 0. The fourth-order valence-electron chi connectivity index (χ4n) is 2.72. The molecule has 2 heterocycles. The van der Waals surface area contributed by atoms with E-state index in [4.69, 9.17) is 0 Å². The Morgan fingerprint density at radius 3 is 2.62 bits per heavy atom. The molecule has 0 aliphatic rings. The summed E-state index contributed by atoms with van der Waals surface area (Å²) in [6, 6.07) is 10.4. The molecule has 1 aromatic carbocycles. The van der Waals surface area contributed by atoms with Gasteiger partial charge in [0.15, 0.2) is 5.65 Å². The molecule has 0 fully saturated rings. The highest BCUT2D eigenvalue weighted by molar-refractivity contribution is 5.75. The molecular formula is C19H24N4O. The number of nitrogens with one attached hydrogen (secondary N) is 1. The highest BCUT2D eigenvalue weighted by atomic mass is 16.3. The van der Waals surface area contributed by atoms with Gasteiger partial charge in [0.05, 0.1) is 12.3 Å². The third-order valence-electron chi connectivity index (χ3n) is 4.11. The van der Waals surface area contributed by atoms with Crippen LogP contribution >= 0.6 is 0 Å². The summed E-state index contributed by atoms with van der Waals surface area (Å²) in [5.74, 6) is 0. The van der Waals surface area contributed by atoms with Crippen LogP contribution in [0.3, 0.4) is 0 Å². The lowest BCUT2D eigenvalue weighted by molar-refractivity contribution is 0.174. The van der Waals surface area contributed by atoms with Crippen LogP contribution in [0.2, 0.25) is 0 Å². The Bertz CT molecular complexity index is 808. The van der Waals surface area contributed by atoms with E-state index in [2.05, 4.69) is 35.3 Å². The van der Waals surface area contributed by atoms with Crippen molar-refractivity contribution in [1.82, 2.24) is 20.1 Å². The molecule has 126 valence electrons. The Labute approximate surface area is 142 Å². The Morgan fingerprint density at radius 1 is 1.17 bits per heavy atom. The highest BCUT2D eigenvalue weighted by Crippen LogP contribution is 2.17. The van der Waals surface area contributed by atoms with E-state index in [0.717, 1.165) is 22.2 Å². The van der Waals surface area contributed by atoms with Crippen molar-refractivity contribution in [1.29, 1.82) is 0 Å². The number of aliphatic hydroxyl groups is 1. The second kappa shape index (κ2) is 7.11. The van der Waals surface area contributed by atoms with Crippen LogP contribution in [0.15, 0.2) is 42.7 Å². The fraction of sp³-hybridized carbons (Fsp3) is 0.368. The number of pyridine rings is 1. The van der Waals surface area contributed by atoms with Crippen LogP contribution in [0.1, 0.15) is 42.7 Å². The zero-order valence-electron chi connectivity index (χ0n) is 14.4. The summed E-state index contributed by atoms with van der Waals surface area (Å²) in [6.07, 6.45) is 3.21. The van der Waals surface area contributed by atoms with Crippen LogP contribution in [-0.4, -0.2) is 26.4 Å². The molecule has 0 spiro atoms. The summed E-state index contributed by atoms with van der Waals surface area (Å²) in [5, 5.41) is 19.0. The lowest BCUT2D eigenvalue weighted by Crippen LogP contribution is -2.21. The van der Waals surface area contributed by atoms with E-state index in [1.807, 2.05) is 48.3 Å². The molecule has 0 aliphatic carbocycles. The van der Waals surface area contributed by atoms with Crippen LogP contribution in [-0.2, 0) is 6.54 Å². The van der Waals surface area contributed by atoms with Crippen molar-refractivity contribution in [3.05, 3.63) is 59.4 Å².